The summed E-state index contributed by atoms with van der Waals surface area (Å²) in [7, 11) is 2.42. The predicted molar refractivity (Wildman–Crippen MR) is 73.8 cm³/mol. The molecule has 0 amide bonds. The third kappa shape index (κ3) is 2.60. The molecule has 0 bridgehead atoms. The van der Waals surface area contributed by atoms with E-state index in [4.69, 9.17) is 18.9 Å². The van der Waals surface area contributed by atoms with Gasteiger partial charge in [0.05, 0.1) is 26.5 Å². The average Bonchev–Trinajstić information content (AvgIpc) is 3.16. The number of ether oxygens (including phenoxy) is 5. The van der Waals surface area contributed by atoms with E-state index in [0.717, 1.165) is 0 Å². The topological polar surface area (TPSA) is 109 Å². The third-order valence-electron chi connectivity index (χ3n) is 3.81. The first-order valence-corrected chi connectivity index (χ1v) is 7.10. The number of aromatic nitrogens is 2. The summed E-state index contributed by atoms with van der Waals surface area (Å²) in [6.45, 7) is 3.92. The molecular weight excluding hydrogens is 308 g/mol. The van der Waals surface area contributed by atoms with Gasteiger partial charge in [0.25, 0.3) is 0 Å². The van der Waals surface area contributed by atoms with Gasteiger partial charge in [0.15, 0.2) is 11.5 Å². The van der Waals surface area contributed by atoms with Crippen molar-refractivity contribution in [1.29, 1.82) is 0 Å². The number of hydrogen-bond acceptors (Lipinski definition) is 8. The van der Waals surface area contributed by atoms with Crippen LogP contribution in [-0.2, 0) is 23.7 Å². The Kier molecular flexibility index (Phi) is 3.86. The minimum Gasteiger partial charge on any atom is -0.465 e. The lowest BCUT2D eigenvalue weighted by atomic mass is 10.0. The van der Waals surface area contributed by atoms with Crippen molar-refractivity contribution in [3.63, 3.8) is 0 Å². The minimum absolute atomic E-state index is 0.0155. The Morgan fingerprint density at radius 3 is 2.57 bits per heavy atom. The van der Waals surface area contributed by atoms with Gasteiger partial charge in [-0.3, -0.25) is 5.10 Å². The second-order valence-corrected chi connectivity index (χ2v) is 5.74. The zero-order chi connectivity index (χ0) is 16.8. The van der Waals surface area contributed by atoms with E-state index in [9.17, 15) is 9.59 Å². The third-order valence-corrected chi connectivity index (χ3v) is 3.81. The first-order valence-electron chi connectivity index (χ1n) is 7.10. The van der Waals surface area contributed by atoms with Gasteiger partial charge in [-0.25, -0.2) is 9.59 Å². The van der Waals surface area contributed by atoms with Gasteiger partial charge in [-0.2, -0.15) is 5.10 Å². The lowest BCUT2D eigenvalue weighted by Crippen LogP contribution is -2.26. The summed E-state index contributed by atoms with van der Waals surface area (Å²) >= 11 is 0. The highest BCUT2D eigenvalue weighted by atomic mass is 16.8. The summed E-state index contributed by atoms with van der Waals surface area (Å²) in [5.74, 6) is -2.20. The van der Waals surface area contributed by atoms with Crippen molar-refractivity contribution in [2.45, 2.75) is 37.9 Å². The fourth-order valence-electron chi connectivity index (χ4n) is 2.90. The van der Waals surface area contributed by atoms with E-state index in [1.807, 2.05) is 0 Å². The molecule has 1 aromatic heterocycles. The number of methoxy groups -OCH3 is 2. The average molecular weight is 326 g/mol. The van der Waals surface area contributed by atoms with Gasteiger partial charge < -0.3 is 23.7 Å². The van der Waals surface area contributed by atoms with E-state index in [0.29, 0.717) is 12.3 Å². The van der Waals surface area contributed by atoms with Gasteiger partial charge in [-0.1, -0.05) is 0 Å². The van der Waals surface area contributed by atoms with Crippen LogP contribution in [0.3, 0.4) is 0 Å². The normalized spacial score (nSPS) is 28.4. The molecule has 1 aromatic rings. The first kappa shape index (κ1) is 15.9. The Hall–Kier alpha value is -1.97. The van der Waals surface area contributed by atoms with E-state index in [-0.39, 0.29) is 17.4 Å². The van der Waals surface area contributed by atoms with E-state index in [1.54, 1.807) is 13.8 Å². The molecule has 0 saturated carbocycles. The van der Waals surface area contributed by atoms with Crippen molar-refractivity contribution in [3.05, 3.63) is 17.0 Å². The zero-order valence-electron chi connectivity index (χ0n) is 13.2. The van der Waals surface area contributed by atoms with E-state index < -0.39 is 29.9 Å². The van der Waals surface area contributed by atoms with Gasteiger partial charge in [0, 0.05) is 0 Å². The number of H-pyrrole nitrogens is 1. The molecule has 9 heteroatoms. The van der Waals surface area contributed by atoms with Crippen molar-refractivity contribution in [2.24, 2.45) is 0 Å². The Bertz CT molecular complexity index is 639. The lowest BCUT2D eigenvalue weighted by Gasteiger charge is -2.21. The number of hydrogen-bond donors (Lipinski definition) is 1. The Morgan fingerprint density at radius 2 is 1.91 bits per heavy atom. The lowest BCUT2D eigenvalue weighted by molar-refractivity contribution is -0.176. The van der Waals surface area contributed by atoms with Crippen LogP contribution < -0.4 is 0 Å². The largest absolute Gasteiger partial charge is 0.465 e. The molecule has 126 valence electrons. The molecule has 1 N–H and O–H groups in total. The van der Waals surface area contributed by atoms with Gasteiger partial charge >= 0.3 is 11.9 Å². The highest BCUT2D eigenvalue weighted by molar-refractivity contribution is 6.02. The fraction of sp³-hybridized carbons (Fsp3) is 0.643. The summed E-state index contributed by atoms with van der Waals surface area (Å²) in [6.07, 6.45) is -1.30. The molecule has 0 aromatic carbocycles. The van der Waals surface area contributed by atoms with E-state index in [2.05, 4.69) is 14.9 Å². The smallest absolute Gasteiger partial charge is 0.359 e. The predicted octanol–water partition coefficient (Wildman–Crippen LogP) is 0.574. The van der Waals surface area contributed by atoms with Crippen LogP contribution in [0.5, 0.6) is 0 Å². The number of nitrogens with one attached hydrogen (secondary N) is 1. The first-order chi connectivity index (χ1) is 10.9. The number of nitrogens with zero attached hydrogens (tertiary/aromatic N) is 1. The van der Waals surface area contributed by atoms with Crippen LogP contribution in [0.15, 0.2) is 0 Å². The molecule has 3 heterocycles. The van der Waals surface area contributed by atoms with Crippen LogP contribution in [0.1, 0.15) is 46.5 Å². The number of aromatic amines is 1. The van der Waals surface area contributed by atoms with Crippen LogP contribution >= 0.6 is 0 Å². The molecule has 9 nitrogen and oxygen atoms in total. The highest BCUT2D eigenvalue weighted by Gasteiger charge is 2.52. The number of rotatable bonds is 3. The maximum atomic E-state index is 12.1. The summed E-state index contributed by atoms with van der Waals surface area (Å²) < 4.78 is 26.6. The molecule has 0 aliphatic carbocycles. The van der Waals surface area contributed by atoms with Gasteiger partial charge in [0.2, 0.25) is 0 Å². The number of carbonyl (C=O) groups is 2. The molecule has 2 aliphatic rings. The summed E-state index contributed by atoms with van der Waals surface area (Å²) in [5, 5.41) is 6.55. The van der Waals surface area contributed by atoms with E-state index in [1.165, 1.54) is 14.2 Å². The van der Waals surface area contributed by atoms with Crippen molar-refractivity contribution in [3.8, 4) is 0 Å². The van der Waals surface area contributed by atoms with Crippen LogP contribution in [-0.4, -0.2) is 61.0 Å². The second kappa shape index (κ2) is 5.59. The quantitative estimate of drug-likeness (QED) is 0.803. The molecule has 3 rings (SSSR count). The molecule has 2 saturated heterocycles. The highest BCUT2D eigenvalue weighted by Crippen LogP contribution is 2.42. The Balaban J connectivity index is 1.98. The van der Waals surface area contributed by atoms with Crippen molar-refractivity contribution < 1.29 is 33.3 Å². The number of carbonyl (C=O) groups excluding carboxylic acids is 2. The maximum Gasteiger partial charge on any atom is 0.359 e. The van der Waals surface area contributed by atoms with Crippen molar-refractivity contribution in [2.75, 3.05) is 20.8 Å². The molecule has 2 fully saturated rings. The SMILES string of the molecule is COC(=O)c1n[nH]c(C2OCC3OC(C)(C)OC32)c1C(=O)OC. The van der Waals surface area contributed by atoms with Crippen LogP contribution in [0.2, 0.25) is 0 Å². The zero-order valence-corrected chi connectivity index (χ0v) is 13.2. The molecule has 0 radical (unpaired) electrons. The molecule has 23 heavy (non-hydrogen) atoms. The Labute approximate surface area is 132 Å². The standard InChI is InChI=1S/C14H18N2O7/c1-14(2)22-6-5-21-11(10(6)23-14)8-7(12(17)19-3)9(16-15-8)13(18)20-4/h6,10-11H,5H2,1-4H3,(H,15,16). The molecule has 3 unspecified atom stereocenters. The van der Waals surface area contributed by atoms with Crippen LogP contribution in [0.4, 0.5) is 0 Å². The van der Waals surface area contributed by atoms with E-state index >= 15 is 0 Å². The molecular formula is C14H18N2O7. The van der Waals surface area contributed by atoms with Crippen molar-refractivity contribution >= 4 is 11.9 Å². The monoisotopic (exact) mass is 326 g/mol. The van der Waals surface area contributed by atoms with Crippen LogP contribution in [0, 0.1) is 0 Å². The molecule has 2 aliphatic heterocycles. The summed E-state index contributed by atoms with van der Waals surface area (Å²) in [6, 6.07) is 0. The van der Waals surface area contributed by atoms with Crippen molar-refractivity contribution in [1.82, 2.24) is 10.2 Å². The van der Waals surface area contributed by atoms with Gasteiger partial charge in [-0.05, 0) is 13.8 Å². The molecule has 0 spiro atoms. The second-order valence-electron chi connectivity index (χ2n) is 5.74. The number of esters is 2. The van der Waals surface area contributed by atoms with Gasteiger partial charge in [-0.15, -0.1) is 0 Å². The van der Waals surface area contributed by atoms with Crippen LogP contribution in [0.25, 0.3) is 0 Å². The minimum atomic E-state index is -0.744. The maximum absolute atomic E-state index is 12.1. The number of fused-ring (bicyclic) bond motifs is 1. The Morgan fingerprint density at radius 1 is 1.22 bits per heavy atom. The summed E-state index contributed by atoms with van der Waals surface area (Å²) in [4.78, 5) is 23.9. The molecule has 3 atom stereocenters. The van der Waals surface area contributed by atoms with Gasteiger partial charge in [0.1, 0.15) is 23.9 Å². The summed E-state index contributed by atoms with van der Waals surface area (Å²) in [5.41, 5.74) is 0.143. The fourth-order valence-corrected chi connectivity index (χ4v) is 2.90.